The van der Waals surface area contributed by atoms with Gasteiger partial charge in [-0.05, 0) is 36.4 Å². The molecule has 1 heterocycles. The molecule has 10 heteroatoms. The molecule has 1 aromatic heterocycles. The van der Waals surface area contributed by atoms with E-state index < -0.39 is 11.8 Å². The number of ether oxygens (including phenoxy) is 2. The summed E-state index contributed by atoms with van der Waals surface area (Å²) in [5.41, 5.74) is 5.11. The van der Waals surface area contributed by atoms with Crippen LogP contribution in [0.3, 0.4) is 0 Å². The van der Waals surface area contributed by atoms with Crippen molar-refractivity contribution in [3.63, 3.8) is 0 Å². The van der Waals surface area contributed by atoms with E-state index in [1.54, 1.807) is 61.7 Å². The fourth-order valence-electron chi connectivity index (χ4n) is 2.12. The number of hydrazine groups is 1. The minimum atomic E-state index is -0.409. The number of aromatic nitrogens is 2. The van der Waals surface area contributed by atoms with Gasteiger partial charge in [-0.15, -0.1) is 10.2 Å². The van der Waals surface area contributed by atoms with Crippen molar-refractivity contribution in [1.29, 1.82) is 0 Å². The summed E-state index contributed by atoms with van der Waals surface area (Å²) in [6, 6.07) is 15.6. The Morgan fingerprint density at radius 1 is 1.00 bits per heavy atom. The molecule has 3 rings (SSSR count). The lowest BCUT2D eigenvalue weighted by molar-refractivity contribution is -0.119. The maximum atomic E-state index is 11.9. The maximum Gasteiger partial charge on any atom is 0.277 e. The summed E-state index contributed by atoms with van der Waals surface area (Å²) >= 11 is 1.05. The number of carbonyl (C=O) groups excluding carboxylic acids is 2. The zero-order valence-electron chi connectivity index (χ0n) is 15.5. The molecule has 150 valence electrons. The third kappa shape index (κ3) is 6.25. The molecule has 0 aliphatic heterocycles. The fourth-order valence-corrected chi connectivity index (χ4v) is 2.70. The van der Waals surface area contributed by atoms with Crippen molar-refractivity contribution >= 4 is 23.6 Å². The van der Waals surface area contributed by atoms with Crippen molar-refractivity contribution < 1.29 is 23.5 Å². The van der Waals surface area contributed by atoms with Crippen LogP contribution in [0, 0.1) is 0 Å². The van der Waals surface area contributed by atoms with Crippen LogP contribution in [0.15, 0.2) is 64.2 Å². The Kier molecular flexibility index (Phi) is 7.06. The van der Waals surface area contributed by atoms with Crippen molar-refractivity contribution in [3.8, 4) is 11.5 Å². The smallest absolute Gasteiger partial charge is 0.277 e. The molecule has 0 bridgehead atoms. The zero-order chi connectivity index (χ0) is 20.5. The van der Waals surface area contributed by atoms with Gasteiger partial charge in [0.2, 0.25) is 5.91 Å². The molecular formula is C19H18N4O5S. The third-order valence-corrected chi connectivity index (χ3v) is 4.37. The highest BCUT2D eigenvalue weighted by Gasteiger charge is 2.11. The maximum absolute atomic E-state index is 11.9. The van der Waals surface area contributed by atoms with E-state index in [1.165, 1.54) is 0 Å². The number of benzene rings is 2. The first-order valence-corrected chi connectivity index (χ1v) is 9.49. The summed E-state index contributed by atoms with van der Waals surface area (Å²) in [7, 11) is 1.59. The van der Waals surface area contributed by atoms with Gasteiger partial charge in [-0.3, -0.25) is 20.4 Å². The number of rotatable bonds is 8. The van der Waals surface area contributed by atoms with Crippen LogP contribution >= 0.6 is 11.8 Å². The Morgan fingerprint density at radius 3 is 2.45 bits per heavy atom. The molecule has 0 unspecified atom stereocenters. The minimum absolute atomic E-state index is 0.00393. The number of thioether (sulfide) groups is 1. The van der Waals surface area contributed by atoms with Crippen LogP contribution in [-0.2, 0) is 11.4 Å². The number of carbonyl (C=O) groups is 2. The fraction of sp³-hybridized carbons (Fsp3) is 0.158. The van der Waals surface area contributed by atoms with Gasteiger partial charge in [0.05, 0.1) is 12.9 Å². The first-order valence-electron chi connectivity index (χ1n) is 8.50. The van der Waals surface area contributed by atoms with E-state index in [9.17, 15) is 9.59 Å². The summed E-state index contributed by atoms with van der Waals surface area (Å²) < 4.78 is 16.0. The number of nitrogens with one attached hydrogen (secondary N) is 2. The molecule has 0 aliphatic carbocycles. The van der Waals surface area contributed by atoms with E-state index in [0.29, 0.717) is 11.3 Å². The molecule has 0 fully saturated rings. The lowest BCUT2D eigenvalue weighted by atomic mass is 10.2. The van der Waals surface area contributed by atoms with E-state index in [-0.39, 0.29) is 23.5 Å². The summed E-state index contributed by atoms with van der Waals surface area (Å²) in [6.45, 7) is 0.0964. The van der Waals surface area contributed by atoms with Gasteiger partial charge in [0.1, 0.15) is 11.5 Å². The SMILES string of the molecule is COc1ccc(OCc2nnc(SCC(=O)NNC(=O)c3ccccc3)o2)cc1. The molecule has 0 saturated heterocycles. The Hall–Kier alpha value is -3.53. The molecule has 0 aliphatic rings. The second-order valence-corrected chi connectivity index (χ2v) is 6.51. The van der Waals surface area contributed by atoms with E-state index in [4.69, 9.17) is 13.9 Å². The molecule has 0 radical (unpaired) electrons. The van der Waals surface area contributed by atoms with Gasteiger partial charge in [0.15, 0.2) is 6.61 Å². The molecule has 29 heavy (non-hydrogen) atoms. The number of hydrogen-bond acceptors (Lipinski definition) is 8. The van der Waals surface area contributed by atoms with Crippen molar-refractivity contribution in [3.05, 3.63) is 66.1 Å². The Balaban J connectivity index is 1.39. The summed E-state index contributed by atoms with van der Waals surface area (Å²) in [4.78, 5) is 23.7. The summed E-state index contributed by atoms with van der Waals surface area (Å²) in [5, 5.41) is 7.94. The third-order valence-electron chi connectivity index (χ3n) is 3.55. The largest absolute Gasteiger partial charge is 0.497 e. The summed E-state index contributed by atoms with van der Waals surface area (Å²) in [5.74, 6) is 0.823. The Morgan fingerprint density at radius 2 is 1.72 bits per heavy atom. The minimum Gasteiger partial charge on any atom is -0.497 e. The highest BCUT2D eigenvalue weighted by atomic mass is 32.2. The first-order chi connectivity index (χ1) is 14.1. The quantitative estimate of drug-likeness (QED) is 0.426. The number of methoxy groups -OCH3 is 1. The number of amides is 2. The van der Waals surface area contributed by atoms with Gasteiger partial charge < -0.3 is 13.9 Å². The molecule has 0 saturated carbocycles. The van der Waals surface area contributed by atoms with Crippen LogP contribution in [-0.4, -0.2) is 34.9 Å². The van der Waals surface area contributed by atoms with Crippen LogP contribution in [0.4, 0.5) is 0 Å². The molecule has 0 spiro atoms. The standard InChI is InChI=1S/C19H18N4O5S/c1-26-14-7-9-15(10-8-14)27-11-17-21-23-19(28-17)29-12-16(24)20-22-18(25)13-5-3-2-4-6-13/h2-10H,11-12H2,1H3,(H,20,24)(H,22,25). The van der Waals surface area contributed by atoms with Gasteiger partial charge in [-0.1, -0.05) is 30.0 Å². The van der Waals surface area contributed by atoms with Crippen LogP contribution in [0.1, 0.15) is 16.2 Å². The van der Waals surface area contributed by atoms with Gasteiger partial charge in [0.25, 0.3) is 17.0 Å². The van der Waals surface area contributed by atoms with Gasteiger partial charge in [0, 0.05) is 5.56 Å². The predicted molar refractivity (Wildman–Crippen MR) is 104 cm³/mol. The molecule has 0 atom stereocenters. The highest BCUT2D eigenvalue weighted by Crippen LogP contribution is 2.19. The second-order valence-electron chi connectivity index (χ2n) is 5.58. The van der Waals surface area contributed by atoms with Crippen LogP contribution in [0.25, 0.3) is 0 Å². The molecule has 9 nitrogen and oxygen atoms in total. The number of nitrogens with zero attached hydrogens (tertiary/aromatic N) is 2. The first kappa shape index (κ1) is 20.2. The average Bonchev–Trinajstić information content (AvgIpc) is 3.23. The van der Waals surface area contributed by atoms with Gasteiger partial charge in [-0.2, -0.15) is 0 Å². The normalized spacial score (nSPS) is 10.2. The van der Waals surface area contributed by atoms with Crippen LogP contribution in [0.2, 0.25) is 0 Å². The van der Waals surface area contributed by atoms with Crippen molar-refractivity contribution in [1.82, 2.24) is 21.0 Å². The van der Waals surface area contributed by atoms with Crippen LogP contribution < -0.4 is 20.3 Å². The van der Waals surface area contributed by atoms with E-state index in [2.05, 4.69) is 21.0 Å². The lowest BCUT2D eigenvalue weighted by Gasteiger charge is -2.06. The predicted octanol–water partition coefficient (Wildman–Crippen LogP) is 2.21. The highest BCUT2D eigenvalue weighted by molar-refractivity contribution is 7.99. The van der Waals surface area contributed by atoms with E-state index in [0.717, 1.165) is 17.5 Å². The monoisotopic (exact) mass is 414 g/mol. The molecule has 3 aromatic rings. The zero-order valence-corrected chi connectivity index (χ0v) is 16.3. The van der Waals surface area contributed by atoms with E-state index in [1.807, 2.05) is 0 Å². The Labute approximate surface area is 170 Å². The van der Waals surface area contributed by atoms with Crippen LogP contribution in [0.5, 0.6) is 11.5 Å². The lowest BCUT2D eigenvalue weighted by Crippen LogP contribution is -2.42. The van der Waals surface area contributed by atoms with Gasteiger partial charge in [-0.25, -0.2) is 0 Å². The van der Waals surface area contributed by atoms with E-state index >= 15 is 0 Å². The summed E-state index contributed by atoms with van der Waals surface area (Å²) in [6.07, 6.45) is 0. The van der Waals surface area contributed by atoms with Crippen molar-refractivity contribution in [2.24, 2.45) is 0 Å². The van der Waals surface area contributed by atoms with Gasteiger partial charge >= 0.3 is 0 Å². The Bertz CT molecular complexity index is 947. The molecular weight excluding hydrogens is 396 g/mol. The van der Waals surface area contributed by atoms with Crippen molar-refractivity contribution in [2.75, 3.05) is 12.9 Å². The number of hydrogen-bond donors (Lipinski definition) is 2. The second kappa shape index (κ2) is 10.1. The molecule has 2 N–H and O–H groups in total. The molecule has 2 amide bonds. The molecule has 2 aromatic carbocycles. The topological polar surface area (TPSA) is 116 Å². The van der Waals surface area contributed by atoms with Crippen molar-refractivity contribution in [2.45, 2.75) is 11.8 Å². The average molecular weight is 414 g/mol.